The van der Waals surface area contributed by atoms with E-state index in [4.69, 9.17) is 4.98 Å². The molecule has 1 saturated heterocycles. The number of piperazine rings is 1. The molecular weight excluding hydrogens is 378 g/mol. The summed E-state index contributed by atoms with van der Waals surface area (Å²) in [6.45, 7) is 1.50. The first kappa shape index (κ1) is 18.3. The van der Waals surface area contributed by atoms with E-state index in [2.05, 4.69) is 9.97 Å². The maximum Gasteiger partial charge on any atom is 0.241 e. The van der Waals surface area contributed by atoms with Crippen molar-refractivity contribution in [2.75, 3.05) is 37.8 Å². The molecule has 3 heterocycles. The summed E-state index contributed by atoms with van der Waals surface area (Å²) in [5.41, 5.74) is 2.56. The van der Waals surface area contributed by atoms with Crippen LogP contribution in [0.15, 0.2) is 47.6 Å². The molecule has 1 amide bonds. The SMILES string of the molecule is CN1CCN(c2ncnc3ccc(-c4cccc(S(C)(=O)=O)c4)nc23)CC1=O. The molecule has 0 atom stereocenters. The number of nitrogens with zero attached hydrogens (tertiary/aromatic N) is 5. The van der Waals surface area contributed by atoms with E-state index in [0.29, 0.717) is 41.2 Å². The summed E-state index contributed by atoms with van der Waals surface area (Å²) in [4.78, 5) is 29.3. The van der Waals surface area contributed by atoms with Crippen LogP contribution in [0.5, 0.6) is 0 Å². The molecule has 0 spiro atoms. The number of anilines is 1. The molecule has 0 unspecified atom stereocenters. The first-order chi connectivity index (χ1) is 13.3. The summed E-state index contributed by atoms with van der Waals surface area (Å²) in [5.74, 6) is 0.627. The molecular formula is C19H19N5O3S. The summed E-state index contributed by atoms with van der Waals surface area (Å²) >= 11 is 0. The average Bonchev–Trinajstić information content (AvgIpc) is 2.69. The van der Waals surface area contributed by atoms with Gasteiger partial charge in [0, 0.05) is 32.0 Å². The summed E-state index contributed by atoms with van der Waals surface area (Å²) in [7, 11) is -1.53. The van der Waals surface area contributed by atoms with Crippen molar-refractivity contribution in [1.29, 1.82) is 0 Å². The highest BCUT2D eigenvalue weighted by Crippen LogP contribution is 2.27. The zero-order valence-corrected chi connectivity index (χ0v) is 16.3. The van der Waals surface area contributed by atoms with E-state index in [1.54, 1.807) is 36.2 Å². The quantitative estimate of drug-likeness (QED) is 0.659. The number of carbonyl (C=O) groups is 1. The number of hydrogen-bond donors (Lipinski definition) is 0. The van der Waals surface area contributed by atoms with E-state index in [0.717, 1.165) is 0 Å². The zero-order chi connectivity index (χ0) is 19.9. The van der Waals surface area contributed by atoms with Gasteiger partial charge in [0.25, 0.3) is 0 Å². The Morgan fingerprint density at radius 2 is 1.89 bits per heavy atom. The number of amides is 1. The summed E-state index contributed by atoms with van der Waals surface area (Å²) in [6, 6.07) is 10.3. The molecule has 4 rings (SSSR count). The summed E-state index contributed by atoms with van der Waals surface area (Å²) in [5, 5.41) is 0. The van der Waals surface area contributed by atoms with Gasteiger partial charge in [0.2, 0.25) is 5.91 Å². The molecule has 0 radical (unpaired) electrons. The molecule has 0 N–H and O–H groups in total. The second-order valence-electron chi connectivity index (χ2n) is 6.80. The average molecular weight is 397 g/mol. The molecule has 0 saturated carbocycles. The molecule has 2 aromatic heterocycles. The zero-order valence-electron chi connectivity index (χ0n) is 15.5. The third-order valence-electron chi connectivity index (χ3n) is 4.78. The van der Waals surface area contributed by atoms with Gasteiger partial charge in [-0.1, -0.05) is 12.1 Å². The first-order valence-corrected chi connectivity index (χ1v) is 10.6. The van der Waals surface area contributed by atoms with E-state index in [1.807, 2.05) is 17.0 Å². The van der Waals surface area contributed by atoms with Crippen LogP contribution in [0.2, 0.25) is 0 Å². The van der Waals surface area contributed by atoms with Crippen LogP contribution in [0.25, 0.3) is 22.3 Å². The maximum absolute atomic E-state index is 12.1. The van der Waals surface area contributed by atoms with Gasteiger partial charge in [-0.2, -0.15) is 0 Å². The highest BCUT2D eigenvalue weighted by molar-refractivity contribution is 7.90. The lowest BCUT2D eigenvalue weighted by Crippen LogP contribution is -2.49. The van der Waals surface area contributed by atoms with Crippen LogP contribution < -0.4 is 4.90 Å². The minimum atomic E-state index is -3.32. The largest absolute Gasteiger partial charge is 0.344 e. The Morgan fingerprint density at radius 3 is 2.64 bits per heavy atom. The number of sulfone groups is 1. The van der Waals surface area contributed by atoms with Gasteiger partial charge in [0.05, 0.1) is 22.7 Å². The van der Waals surface area contributed by atoms with Crippen molar-refractivity contribution in [3.8, 4) is 11.3 Å². The number of fused-ring (bicyclic) bond motifs is 1. The fraction of sp³-hybridized carbons (Fsp3) is 0.263. The number of rotatable bonds is 3. The number of pyridine rings is 1. The van der Waals surface area contributed by atoms with Gasteiger partial charge < -0.3 is 9.80 Å². The maximum atomic E-state index is 12.1. The van der Waals surface area contributed by atoms with Crippen molar-refractivity contribution in [3.63, 3.8) is 0 Å². The van der Waals surface area contributed by atoms with Crippen molar-refractivity contribution < 1.29 is 13.2 Å². The van der Waals surface area contributed by atoms with E-state index in [9.17, 15) is 13.2 Å². The van der Waals surface area contributed by atoms with Gasteiger partial charge >= 0.3 is 0 Å². The second kappa shape index (κ2) is 6.83. The van der Waals surface area contributed by atoms with Crippen molar-refractivity contribution in [2.24, 2.45) is 0 Å². The van der Waals surface area contributed by atoms with Gasteiger partial charge in [-0.25, -0.2) is 23.4 Å². The van der Waals surface area contributed by atoms with Crippen LogP contribution in [0.1, 0.15) is 0 Å². The van der Waals surface area contributed by atoms with Crippen LogP contribution in [0.3, 0.4) is 0 Å². The number of carbonyl (C=O) groups excluding carboxylic acids is 1. The lowest BCUT2D eigenvalue weighted by atomic mass is 10.1. The molecule has 0 bridgehead atoms. The molecule has 1 aromatic carbocycles. The molecule has 28 heavy (non-hydrogen) atoms. The van der Waals surface area contributed by atoms with Crippen LogP contribution in [0.4, 0.5) is 5.82 Å². The predicted octanol–water partition coefficient (Wildman–Crippen LogP) is 1.37. The normalized spacial score (nSPS) is 15.3. The van der Waals surface area contributed by atoms with Crippen LogP contribution in [0, 0.1) is 0 Å². The van der Waals surface area contributed by atoms with Gasteiger partial charge in [-0.15, -0.1) is 0 Å². The number of likely N-dealkylation sites (N-methyl/N-ethyl adjacent to an activating group) is 1. The van der Waals surface area contributed by atoms with E-state index < -0.39 is 9.84 Å². The van der Waals surface area contributed by atoms with Crippen LogP contribution in [-0.4, -0.2) is 67.1 Å². The fourth-order valence-electron chi connectivity index (χ4n) is 3.14. The van der Waals surface area contributed by atoms with E-state index >= 15 is 0 Å². The molecule has 1 aliphatic rings. The Hall–Kier alpha value is -3.07. The van der Waals surface area contributed by atoms with Crippen molar-refractivity contribution in [3.05, 3.63) is 42.7 Å². The summed E-state index contributed by atoms with van der Waals surface area (Å²) < 4.78 is 23.7. The molecule has 9 heteroatoms. The fourth-order valence-corrected chi connectivity index (χ4v) is 3.81. The Kier molecular flexibility index (Phi) is 4.46. The highest BCUT2D eigenvalue weighted by atomic mass is 32.2. The number of hydrogen-bond acceptors (Lipinski definition) is 7. The van der Waals surface area contributed by atoms with Gasteiger partial charge in [-0.3, -0.25) is 4.79 Å². The van der Waals surface area contributed by atoms with Crippen molar-refractivity contribution in [1.82, 2.24) is 19.9 Å². The van der Waals surface area contributed by atoms with Gasteiger partial charge in [0.1, 0.15) is 11.8 Å². The first-order valence-electron chi connectivity index (χ1n) is 8.74. The van der Waals surface area contributed by atoms with Crippen LogP contribution in [-0.2, 0) is 14.6 Å². The second-order valence-corrected chi connectivity index (χ2v) is 8.81. The molecule has 1 aliphatic heterocycles. The topological polar surface area (TPSA) is 96.4 Å². The molecule has 8 nitrogen and oxygen atoms in total. The molecule has 0 aliphatic carbocycles. The Balaban J connectivity index is 1.80. The number of aromatic nitrogens is 3. The predicted molar refractivity (Wildman–Crippen MR) is 106 cm³/mol. The van der Waals surface area contributed by atoms with E-state index in [1.165, 1.54) is 12.6 Å². The van der Waals surface area contributed by atoms with E-state index in [-0.39, 0.29) is 17.3 Å². The molecule has 3 aromatic rings. The third-order valence-corrected chi connectivity index (χ3v) is 5.89. The standard InChI is InChI=1S/C19H19N5O3S/c1-23-8-9-24(11-17(23)25)19-18-16(20-12-21-19)7-6-15(22-18)13-4-3-5-14(10-13)28(2,26)27/h3-7,10,12H,8-9,11H2,1-2H3. The van der Waals surface area contributed by atoms with Gasteiger partial charge in [0.15, 0.2) is 15.7 Å². The Labute approximate surface area is 162 Å². The minimum absolute atomic E-state index is 0.0232. The smallest absolute Gasteiger partial charge is 0.241 e. The van der Waals surface area contributed by atoms with Gasteiger partial charge in [-0.05, 0) is 24.3 Å². The number of benzene rings is 1. The monoisotopic (exact) mass is 397 g/mol. The summed E-state index contributed by atoms with van der Waals surface area (Å²) in [6.07, 6.45) is 2.64. The Bertz CT molecular complexity index is 1180. The highest BCUT2D eigenvalue weighted by Gasteiger charge is 2.24. The molecule has 144 valence electrons. The third kappa shape index (κ3) is 3.40. The lowest BCUT2D eigenvalue weighted by molar-refractivity contribution is -0.129. The lowest BCUT2D eigenvalue weighted by Gasteiger charge is -2.32. The van der Waals surface area contributed by atoms with Crippen molar-refractivity contribution in [2.45, 2.75) is 4.90 Å². The minimum Gasteiger partial charge on any atom is -0.344 e. The van der Waals surface area contributed by atoms with Crippen molar-refractivity contribution >= 4 is 32.6 Å². The Morgan fingerprint density at radius 1 is 1.07 bits per heavy atom. The van der Waals surface area contributed by atoms with Crippen LogP contribution >= 0.6 is 0 Å². The molecule has 1 fully saturated rings.